The van der Waals surface area contributed by atoms with E-state index in [0.29, 0.717) is 21.9 Å². The average Bonchev–Trinajstić information content (AvgIpc) is 2.46. The molecule has 0 bridgehead atoms. The van der Waals surface area contributed by atoms with Crippen molar-refractivity contribution < 1.29 is 18.3 Å². The summed E-state index contributed by atoms with van der Waals surface area (Å²) >= 11 is 12.4. The van der Waals surface area contributed by atoms with Gasteiger partial charge in [0.15, 0.2) is 0 Å². The lowest BCUT2D eigenvalue weighted by molar-refractivity contribution is -0.0504. The van der Waals surface area contributed by atoms with E-state index in [4.69, 9.17) is 27.9 Å². The minimum atomic E-state index is -2.92. The van der Waals surface area contributed by atoms with Crippen molar-refractivity contribution in [2.24, 2.45) is 0 Å². The molecule has 0 N–H and O–H groups in total. The predicted molar refractivity (Wildman–Crippen MR) is 78.8 cm³/mol. The number of alkyl halides is 3. The third-order valence-electron chi connectivity index (χ3n) is 2.87. The molecule has 0 aromatic heterocycles. The van der Waals surface area contributed by atoms with Gasteiger partial charge in [0.05, 0.1) is 12.5 Å². The normalized spacial score (nSPS) is 12.3. The van der Waals surface area contributed by atoms with E-state index in [9.17, 15) is 8.78 Å². The third-order valence-corrected chi connectivity index (χ3v) is 3.58. The van der Waals surface area contributed by atoms with Gasteiger partial charge >= 0.3 is 6.61 Å². The van der Waals surface area contributed by atoms with Crippen LogP contribution in [0.15, 0.2) is 42.5 Å². The Balaban J connectivity index is 2.45. The zero-order valence-electron chi connectivity index (χ0n) is 11.0. The van der Waals surface area contributed by atoms with Gasteiger partial charge in [-0.3, -0.25) is 0 Å². The number of ether oxygens (including phenoxy) is 2. The molecule has 0 radical (unpaired) electrons. The largest absolute Gasteiger partial charge is 0.496 e. The van der Waals surface area contributed by atoms with E-state index in [0.717, 1.165) is 0 Å². The molecule has 0 aliphatic carbocycles. The number of hydrogen-bond donors (Lipinski definition) is 0. The van der Waals surface area contributed by atoms with Gasteiger partial charge in [-0.05, 0) is 24.3 Å². The average molecular weight is 333 g/mol. The first-order valence-corrected chi connectivity index (χ1v) is 6.85. The Bertz CT molecular complexity index is 620. The van der Waals surface area contributed by atoms with E-state index in [1.54, 1.807) is 36.4 Å². The van der Waals surface area contributed by atoms with Crippen LogP contribution in [0, 0.1) is 0 Å². The van der Waals surface area contributed by atoms with Crippen LogP contribution in [0.1, 0.15) is 16.5 Å². The molecule has 0 aliphatic rings. The Morgan fingerprint density at radius 2 is 1.71 bits per heavy atom. The summed E-state index contributed by atoms with van der Waals surface area (Å²) in [6.45, 7) is -2.92. The number of rotatable bonds is 5. The predicted octanol–water partition coefficient (Wildman–Crippen LogP) is 5.28. The molecule has 0 saturated heterocycles. The Labute approximate surface area is 131 Å². The number of benzene rings is 2. The highest BCUT2D eigenvalue weighted by Crippen LogP contribution is 2.40. The second kappa shape index (κ2) is 6.96. The van der Waals surface area contributed by atoms with Gasteiger partial charge in [-0.25, -0.2) is 0 Å². The van der Waals surface area contributed by atoms with Crippen molar-refractivity contribution in [1.29, 1.82) is 0 Å². The summed E-state index contributed by atoms with van der Waals surface area (Å²) < 4.78 is 34.7. The summed E-state index contributed by atoms with van der Waals surface area (Å²) in [6.07, 6.45) is 0. The zero-order chi connectivity index (χ0) is 15.4. The van der Waals surface area contributed by atoms with Crippen LogP contribution < -0.4 is 9.47 Å². The highest BCUT2D eigenvalue weighted by atomic mass is 35.5. The van der Waals surface area contributed by atoms with Gasteiger partial charge in [0.25, 0.3) is 0 Å². The van der Waals surface area contributed by atoms with Gasteiger partial charge in [-0.1, -0.05) is 29.8 Å². The van der Waals surface area contributed by atoms with E-state index in [-0.39, 0.29) is 5.75 Å². The fourth-order valence-electron chi connectivity index (χ4n) is 1.96. The zero-order valence-corrected chi connectivity index (χ0v) is 12.5. The van der Waals surface area contributed by atoms with Gasteiger partial charge in [0.2, 0.25) is 0 Å². The quantitative estimate of drug-likeness (QED) is 0.693. The van der Waals surface area contributed by atoms with Crippen molar-refractivity contribution in [3.05, 3.63) is 58.6 Å². The lowest BCUT2D eigenvalue weighted by atomic mass is 10.0. The molecule has 0 heterocycles. The first-order valence-electron chi connectivity index (χ1n) is 6.04. The van der Waals surface area contributed by atoms with Crippen LogP contribution in [0.25, 0.3) is 0 Å². The summed E-state index contributed by atoms with van der Waals surface area (Å²) in [5.74, 6) is 0.542. The second-order valence-electron chi connectivity index (χ2n) is 4.17. The van der Waals surface area contributed by atoms with Gasteiger partial charge in [0.1, 0.15) is 11.5 Å². The number of para-hydroxylation sites is 1. The lowest BCUT2D eigenvalue weighted by Gasteiger charge is -2.18. The molecule has 1 atom stereocenters. The van der Waals surface area contributed by atoms with Gasteiger partial charge < -0.3 is 9.47 Å². The van der Waals surface area contributed by atoms with Crippen LogP contribution >= 0.6 is 23.2 Å². The monoisotopic (exact) mass is 332 g/mol. The Morgan fingerprint density at radius 1 is 1.00 bits per heavy atom. The van der Waals surface area contributed by atoms with Crippen molar-refractivity contribution >= 4 is 23.2 Å². The van der Waals surface area contributed by atoms with Crippen molar-refractivity contribution in [2.75, 3.05) is 7.11 Å². The lowest BCUT2D eigenvalue weighted by Crippen LogP contribution is -2.06. The van der Waals surface area contributed by atoms with Gasteiger partial charge in [-0.2, -0.15) is 8.78 Å². The molecule has 6 heteroatoms. The molecular weight excluding hydrogens is 321 g/mol. The molecule has 1 unspecified atom stereocenters. The van der Waals surface area contributed by atoms with E-state index >= 15 is 0 Å². The maximum absolute atomic E-state index is 12.5. The summed E-state index contributed by atoms with van der Waals surface area (Å²) in [4.78, 5) is 0. The van der Waals surface area contributed by atoms with E-state index in [1.807, 2.05) is 0 Å². The minimum Gasteiger partial charge on any atom is -0.496 e. The molecule has 0 spiro atoms. The number of halogens is 4. The topological polar surface area (TPSA) is 18.5 Å². The summed E-state index contributed by atoms with van der Waals surface area (Å²) in [6, 6.07) is 11.3. The fourth-order valence-corrected chi connectivity index (χ4v) is 2.50. The van der Waals surface area contributed by atoms with E-state index in [1.165, 1.54) is 13.2 Å². The molecule has 0 fully saturated rings. The molecule has 2 nitrogen and oxygen atoms in total. The van der Waals surface area contributed by atoms with E-state index < -0.39 is 12.0 Å². The number of methoxy groups -OCH3 is 1. The Kier molecular flexibility index (Phi) is 5.26. The summed E-state index contributed by atoms with van der Waals surface area (Å²) in [7, 11) is 1.50. The minimum absolute atomic E-state index is 0.0227. The van der Waals surface area contributed by atoms with Gasteiger partial charge in [0, 0.05) is 16.1 Å². The van der Waals surface area contributed by atoms with Crippen LogP contribution in [0.3, 0.4) is 0 Å². The maximum atomic E-state index is 12.5. The van der Waals surface area contributed by atoms with Crippen LogP contribution in [0.4, 0.5) is 8.78 Å². The molecule has 0 aliphatic heterocycles. The molecule has 2 aromatic carbocycles. The molecule has 112 valence electrons. The Hall–Kier alpha value is -1.52. The molecule has 0 saturated carbocycles. The molecule has 2 rings (SSSR count). The highest BCUT2D eigenvalue weighted by Gasteiger charge is 2.21. The van der Waals surface area contributed by atoms with Crippen LogP contribution in [0.2, 0.25) is 5.02 Å². The number of hydrogen-bond acceptors (Lipinski definition) is 2. The molecule has 2 aromatic rings. The summed E-state index contributed by atoms with van der Waals surface area (Å²) in [5.41, 5.74) is 0.997. The third kappa shape index (κ3) is 3.77. The van der Waals surface area contributed by atoms with Gasteiger partial charge in [-0.15, -0.1) is 11.6 Å². The smallest absolute Gasteiger partial charge is 0.387 e. The first-order chi connectivity index (χ1) is 10.0. The Morgan fingerprint density at radius 3 is 2.38 bits per heavy atom. The van der Waals surface area contributed by atoms with Crippen LogP contribution in [-0.2, 0) is 0 Å². The second-order valence-corrected chi connectivity index (χ2v) is 5.04. The fraction of sp³-hybridized carbons (Fsp3) is 0.200. The first kappa shape index (κ1) is 15.9. The van der Waals surface area contributed by atoms with Crippen molar-refractivity contribution in [1.82, 2.24) is 0 Å². The summed E-state index contributed by atoms with van der Waals surface area (Å²) in [5, 5.41) is -0.252. The standard InChI is InChI=1S/C15H12Cl2F2O2/c1-20-12-7-6-9(16)8-11(12)14(17)10-4-2-3-5-13(10)21-15(18)19/h2-8,14-15H,1H3. The maximum Gasteiger partial charge on any atom is 0.387 e. The molecular formula is C15H12Cl2F2O2. The van der Waals surface area contributed by atoms with Crippen molar-refractivity contribution in [3.8, 4) is 11.5 Å². The SMILES string of the molecule is COc1ccc(Cl)cc1C(Cl)c1ccccc1OC(F)F. The molecule has 0 amide bonds. The van der Waals surface area contributed by atoms with E-state index in [2.05, 4.69) is 4.74 Å². The van der Waals surface area contributed by atoms with Crippen LogP contribution in [0.5, 0.6) is 11.5 Å². The van der Waals surface area contributed by atoms with Crippen LogP contribution in [-0.4, -0.2) is 13.7 Å². The van der Waals surface area contributed by atoms with Crippen molar-refractivity contribution in [2.45, 2.75) is 12.0 Å². The highest BCUT2D eigenvalue weighted by molar-refractivity contribution is 6.31. The van der Waals surface area contributed by atoms with Crippen molar-refractivity contribution in [3.63, 3.8) is 0 Å². The molecule has 21 heavy (non-hydrogen) atoms.